The van der Waals surface area contributed by atoms with Crippen LogP contribution < -0.4 is 0 Å². The van der Waals surface area contributed by atoms with Crippen LogP contribution in [0.1, 0.15) is 13.3 Å². The summed E-state index contributed by atoms with van der Waals surface area (Å²) < 4.78 is 0. The highest BCUT2D eigenvalue weighted by atomic mass is 14.7. The topological polar surface area (TPSA) is 12.4 Å². The fraction of sp³-hybridized carbons (Fsp3) is 0.571. The van der Waals surface area contributed by atoms with Crippen molar-refractivity contribution in [2.75, 3.05) is 6.54 Å². The molecule has 0 fully saturated rings. The molecule has 8 heavy (non-hydrogen) atoms. The van der Waals surface area contributed by atoms with Crippen LogP contribution in [0.3, 0.4) is 0 Å². The van der Waals surface area contributed by atoms with E-state index in [-0.39, 0.29) is 0 Å². The number of rotatable bonds is 0. The van der Waals surface area contributed by atoms with E-state index in [4.69, 9.17) is 0 Å². The van der Waals surface area contributed by atoms with E-state index in [0.29, 0.717) is 0 Å². The Morgan fingerprint density at radius 1 is 1.62 bits per heavy atom. The van der Waals surface area contributed by atoms with Gasteiger partial charge in [0.2, 0.25) is 0 Å². The van der Waals surface area contributed by atoms with E-state index in [0.717, 1.165) is 12.5 Å². The van der Waals surface area contributed by atoms with Crippen LogP contribution in [-0.4, -0.2) is 12.8 Å². The molecule has 0 amide bonds. The molecule has 1 aliphatic heterocycles. The Hall–Kier alpha value is -0.590. The lowest BCUT2D eigenvalue weighted by atomic mass is 10.1. The highest BCUT2D eigenvalue weighted by Crippen LogP contribution is 2.04. The Balaban J connectivity index is 2.46. The molecule has 1 aliphatic rings. The van der Waals surface area contributed by atoms with Gasteiger partial charge in [0.15, 0.2) is 0 Å². The van der Waals surface area contributed by atoms with E-state index in [9.17, 15) is 0 Å². The fourth-order valence-electron chi connectivity index (χ4n) is 0.749. The van der Waals surface area contributed by atoms with Crippen molar-refractivity contribution in [3.8, 4) is 0 Å². The summed E-state index contributed by atoms with van der Waals surface area (Å²) >= 11 is 0. The largest absolute Gasteiger partial charge is 0.293 e. The lowest BCUT2D eigenvalue weighted by molar-refractivity contribution is 0.665. The van der Waals surface area contributed by atoms with Gasteiger partial charge in [-0.15, -0.1) is 0 Å². The number of allylic oxidation sites excluding steroid dienone is 2. The van der Waals surface area contributed by atoms with Gasteiger partial charge in [-0.3, -0.25) is 4.99 Å². The lowest BCUT2D eigenvalue weighted by Gasteiger charge is -1.97. The van der Waals surface area contributed by atoms with E-state index in [1.807, 2.05) is 12.3 Å². The van der Waals surface area contributed by atoms with Crippen molar-refractivity contribution in [3.63, 3.8) is 0 Å². The molecule has 1 atom stereocenters. The standard InChI is InChI=1S/C7H11N/c1-7-3-2-5-8-6-4-7/h2-3,5,7H,4,6H2,1H3. The van der Waals surface area contributed by atoms with E-state index in [1.54, 1.807) is 0 Å². The second kappa shape index (κ2) is 2.65. The third kappa shape index (κ3) is 1.49. The molecule has 1 unspecified atom stereocenters. The summed E-state index contributed by atoms with van der Waals surface area (Å²) in [6.07, 6.45) is 7.30. The highest BCUT2D eigenvalue weighted by Gasteiger charge is 1.95. The van der Waals surface area contributed by atoms with E-state index >= 15 is 0 Å². The molecule has 0 aromatic heterocycles. The highest BCUT2D eigenvalue weighted by molar-refractivity contribution is 5.71. The van der Waals surface area contributed by atoms with Crippen LogP contribution in [0.5, 0.6) is 0 Å². The molecule has 1 nitrogen and oxygen atoms in total. The van der Waals surface area contributed by atoms with Gasteiger partial charge in [-0.25, -0.2) is 0 Å². The lowest BCUT2D eigenvalue weighted by Crippen LogP contribution is -1.89. The predicted molar refractivity (Wildman–Crippen MR) is 36.3 cm³/mol. The maximum atomic E-state index is 4.11. The second-order valence-corrected chi connectivity index (χ2v) is 2.21. The molecule has 0 bridgehead atoms. The zero-order valence-electron chi connectivity index (χ0n) is 5.17. The van der Waals surface area contributed by atoms with Crippen LogP contribution in [0.15, 0.2) is 17.1 Å². The van der Waals surface area contributed by atoms with Crippen molar-refractivity contribution >= 4 is 6.21 Å². The fourth-order valence-corrected chi connectivity index (χ4v) is 0.749. The van der Waals surface area contributed by atoms with Crippen LogP contribution in [-0.2, 0) is 0 Å². The molecular weight excluding hydrogens is 98.1 g/mol. The number of aliphatic imine (C=N–C) groups is 1. The van der Waals surface area contributed by atoms with Gasteiger partial charge in [-0.1, -0.05) is 13.0 Å². The summed E-state index contributed by atoms with van der Waals surface area (Å²) in [7, 11) is 0. The van der Waals surface area contributed by atoms with Crippen molar-refractivity contribution in [2.45, 2.75) is 13.3 Å². The SMILES string of the molecule is CC1C=CC=NCC1. The summed E-state index contributed by atoms with van der Waals surface area (Å²) in [5, 5.41) is 0. The molecule has 0 radical (unpaired) electrons. The first-order valence-electron chi connectivity index (χ1n) is 3.06. The molecule has 1 heteroatoms. The Labute approximate surface area is 50.1 Å². The Morgan fingerprint density at radius 3 is 3.38 bits per heavy atom. The third-order valence-electron chi connectivity index (χ3n) is 1.34. The van der Waals surface area contributed by atoms with Crippen LogP contribution in [0, 0.1) is 5.92 Å². The average molecular weight is 109 g/mol. The van der Waals surface area contributed by atoms with Crippen molar-refractivity contribution in [1.29, 1.82) is 0 Å². The Kier molecular flexibility index (Phi) is 1.84. The summed E-state index contributed by atoms with van der Waals surface area (Å²) in [5.41, 5.74) is 0. The van der Waals surface area contributed by atoms with Crippen LogP contribution in [0.4, 0.5) is 0 Å². The zero-order chi connectivity index (χ0) is 5.82. The van der Waals surface area contributed by atoms with Crippen molar-refractivity contribution < 1.29 is 0 Å². The molecule has 1 rings (SSSR count). The molecule has 0 saturated carbocycles. The van der Waals surface area contributed by atoms with Gasteiger partial charge in [0, 0.05) is 12.8 Å². The maximum absolute atomic E-state index is 4.11. The third-order valence-corrected chi connectivity index (χ3v) is 1.34. The van der Waals surface area contributed by atoms with Crippen molar-refractivity contribution in [2.24, 2.45) is 10.9 Å². The van der Waals surface area contributed by atoms with E-state index in [1.165, 1.54) is 6.42 Å². The first kappa shape index (κ1) is 5.54. The Bertz CT molecular complexity index is 114. The molecule has 0 saturated heterocycles. The van der Waals surface area contributed by atoms with Gasteiger partial charge < -0.3 is 0 Å². The van der Waals surface area contributed by atoms with Gasteiger partial charge >= 0.3 is 0 Å². The van der Waals surface area contributed by atoms with Gasteiger partial charge in [-0.05, 0) is 18.4 Å². The molecule has 0 aliphatic carbocycles. The minimum Gasteiger partial charge on any atom is -0.293 e. The monoisotopic (exact) mass is 109 g/mol. The molecule has 44 valence electrons. The van der Waals surface area contributed by atoms with Crippen molar-refractivity contribution in [1.82, 2.24) is 0 Å². The number of hydrogen-bond donors (Lipinski definition) is 0. The Morgan fingerprint density at radius 2 is 2.50 bits per heavy atom. The molecule has 0 aromatic carbocycles. The van der Waals surface area contributed by atoms with E-state index < -0.39 is 0 Å². The number of nitrogens with zero attached hydrogens (tertiary/aromatic N) is 1. The van der Waals surface area contributed by atoms with E-state index in [2.05, 4.69) is 18.0 Å². The van der Waals surface area contributed by atoms with Gasteiger partial charge in [0.25, 0.3) is 0 Å². The maximum Gasteiger partial charge on any atom is 0.0394 e. The average Bonchev–Trinajstić information content (AvgIpc) is 1.94. The summed E-state index contributed by atoms with van der Waals surface area (Å²) in [5.74, 6) is 0.720. The minimum absolute atomic E-state index is 0.720. The molecule has 1 heterocycles. The summed E-state index contributed by atoms with van der Waals surface area (Å²) in [4.78, 5) is 4.11. The smallest absolute Gasteiger partial charge is 0.0394 e. The predicted octanol–water partition coefficient (Wildman–Crippen LogP) is 1.65. The van der Waals surface area contributed by atoms with Crippen molar-refractivity contribution in [3.05, 3.63) is 12.2 Å². The zero-order valence-corrected chi connectivity index (χ0v) is 5.17. The van der Waals surface area contributed by atoms with Crippen LogP contribution in [0.25, 0.3) is 0 Å². The molecular formula is C7H11N. The van der Waals surface area contributed by atoms with Gasteiger partial charge in [0.05, 0.1) is 0 Å². The summed E-state index contributed by atoms with van der Waals surface area (Å²) in [6.45, 7) is 3.21. The molecule has 0 aromatic rings. The first-order valence-corrected chi connectivity index (χ1v) is 3.06. The second-order valence-electron chi connectivity index (χ2n) is 2.21. The normalized spacial score (nSPS) is 27.9. The van der Waals surface area contributed by atoms with Crippen LogP contribution in [0.2, 0.25) is 0 Å². The molecule has 0 N–H and O–H groups in total. The van der Waals surface area contributed by atoms with Gasteiger partial charge in [-0.2, -0.15) is 0 Å². The first-order chi connectivity index (χ1) is 3.89. The summed E-state index contributed by atoms with van der Waals surface area (Å²) in [6, 6.07) is 0. The number of hydrogen-bond acceptors (Lipinski definition) is 1. The minimum atomic E-state index is 0.720. The molecule has 0 spiro atoms. The van der Waals surface area contributed by atoms with Gasteiger partial charge in [0.1, 0.15) is 0 Å². The van der Waals surface area contributed by atoms with Crippen LogP contribution >= 0.6 is 0 Å². The quantitative estimate of drug-likeness (QED) is 0.448.